The average molecular weight is 406 g/mol. The third kappa shape index (κ3) is 4.86. The molecular weight excluding hydrogens is 387 g/mol. The van der Waals surface area contributed by atoms with Crippen LogP contribution < -0.4 is 10.5 Å². The van der Waals surface area contributed by atoms with E-state index in [4.69, 9.17) is 17.3 Å². The molecule has 0 atom stereocenters. The van der Waals surface area contributed by atoms with Crippen molar-refractivity contribution < 1.29 is 8.42 Å². The second-order valence-corrected chi connectivity index (χ2v) is 7.41. The van der Waals surface area contributed by atoms with Crippen LogP contribution in [0.1, 0.15) is 26.7 Å². The van der Waals surface area contributed by atoms with E-state index < -0.39 is 15.6 Å². The van der Waals surface area contributed by atoms with Crippen molar-refractivity contribution in [2.24, 2.45) is 5.73 Å². The third-order valence-corrected chi connectivity index (χ3v) is 6.08. The quantitative estimate of drug-likeness (QED) is 0.762. The summed E-state index contributed by atoms with van der Waals surface area (Å²) < 4.78 is 27.5. The molecule has 0 saturated carbocycles. The minimum atomic E-state index is -3.66. The Labute approximate surface area is 140 Å². The highest BCUT2D eigenvalue weighted by atomic mass is 79.9. The van der Waals surface area contributed by atoms with Crippen molar-refractivity contribution in [1.82, 2.24) is 4.72 Å². The zero-order valence-electron chi connectivity index (χ0n) is 11.3. The van der Waals surface area contributed by atoms with Crippen molar-refractivity contribution in [2.45, 2.75) is 37.1 Å². The van der Waals surface area contributed by atoms with Gasteiger partial charge in [0, 0.05) is 16.6 Å². The van der Waals surface area contributed by atoms with Crippen molar-refractivity contribution in [3.8, 4) is 0 Å². The lowest BCUT2D eigenvalue weighted by molar-refractivity contribution is 0.392. The maximum atomic E-state index is 12.2. The summed E-state index contributed by atoms with van der Waals surface area (Å²) in [4.78, 5) is 0.0538. The van der Waals surface area contributed by atoms with Gasteiger partial charge < -0.3 is 5.73 Å². The van der Waals surface area contributed by atoms with Gasteiger partial charge in [0.2, 0.25) is 10.0 Å². The van der Waals surface area contributed by atoms with Crippen LogP contribution in [-0.2, 0) is 10.0 Å². The van der Waals surface area contributed by atoms with Crippen LogP contribution in [0.25, 0.3) is 0 Å². The summed E-state index contributed by atoms with van der Waals surface area (Å²) in [5.41, 5.74) is 5.54. The van der Waals surface area contributed by atoms with Crippen LogP contribution in [0.2, 0.25) is 5.02 Å². The van der Waals surface area contributed by atoms with Gasteiger partial charge in [-0.25, -0.2) is 13.1 Å². The fraction of sp³-hybridized carbons (Fsp3) is 0.500. The first-order valence-corrected chi connectivity index (χ1v) is 8.63. The Bertz CT molecular complexity index is 548. The van der Waals surface area contributed by atoms with Crippen LogP contribution in [0.15, 0.2) is 27.6 Å². The highest BCUT2D eigenvalue weighted by molar-refractivity contribution is 9.10. The Morgan fingerprint density at radius 2 is 1.90 bits per heavy atom. The fourth-order valence-corrected chi connectivity index (χ4v) is 3.67. The summed E-state index contributed by atoms with van der Waals surface area (Å²) >= 11 is 9.21. The molecule has 20 heavy (non-hydrogen) atoms. The smallest absolute Gasteiger partial charge is 0.242 e. The Morgan fingerprint density at radius 1 is 1.35 bits per heavy atom. The molecule has 0 spiro atoms. The zero-order chi connectivity index (χ0) is 14.7. The number of rotatable bonds is 6. The largest absolute Gasteiger partial charge is 0.324 e. The SMILES string of the molecule is CCC(N)(CC)CNS(=O)(=O)c1cccc(Br)c1Cl.Cl. The second kappa shape index (κ2) is 7.96. The van der Waals surface area contributed by atoms with Gasteiger partial charge in [-0.05, 0) is 40.9 Å². The van der Waals surface area contributed by atoms with Crippen molar-refractivity contribution in [3.05, 3.63) is 27.7 Å². The third-order valence-electron chi connectivity index (χ3n) is 3.23. The Morgan fingerprint density at radius 3 is 2.40 bits per heavy atom. The lowest BCUT2D eigenvalue weighted by Crippen LogP contribution is -2.49. The van der Waals surface area contributed by atoms with Crippen molar-refractivity contribution >= 4 is 50.0 Å². The van der Waals surface area contributed by atoms with E-state index in [9.17, 15) is 8.42 Å². The summed E-state index contributed by atoms with van der Waals surface area (Å²) in [5, 5.41) is 0.172. The molecule has 4 nitrogen and oxygen atoms in total. The number of nitrogens with two attached hydrogens (primary N) is 1. The van der Waals surface area contributed by atoms with Crippen LogP contribution in [0.3, 0.4) is 0 Å². The summed E-state index contributed by atoms with van der Waals surface area (Å²) in [6.45, 7) is 4.05. The molecule has 0 saturated heterocycles. The van der Waals surface area contributed by atoms with Gasteiger partial charge in [0.25, 0.3) is 0 Å². The Hall–Kier alpha value is 0.150. The number of hydrogen-bond acceptors (Lipinski definition) is 3. The minimum Gasteiger partial charge on any atom is -0.324 e. The van der Waals surface area contributed by atoms with Gasteiger partial charge in [0.15, 0.2) is 0 Å². The predicted octanol–water partition coefficient (Wildman–Crippen LogP) is 3.32. The molecule has 0 bridgehead atoms. The van der Waals surface area contributed by atoms with Crippen LogP contribution in [-0.4, -0.2) is 20.5 Å². The van der Waals surface area contributed by atoms with Crippen molar-refractivity contribution in [3.63, 3.8) is 0 Å². The maximum Gasteiger partial charge on any atom is 0.242 e. The fourth-order valence-electron chi connectivity index (χ4n) is 1.51. The molecule has 0 aliphatic carbocycles. The molecule has 1 aromatic carbocycles. The molecule has 0 aliphatic heterocycles. The van der Waals surface area contributed by atoms with Crippen LogP contribution in [0, 0.1) is 0 Å². The molecule has 0 amide bonds. The number of nitrogens with one attached hydrogen (secondary N) is 1. The molecule has 0 radical (unpaired) electrons. The lowest BCUT2D eigenvalue weighted by Gasteiger charge is -2.26. The van der Waals surface area contributed by atoms with E-state index in [1.54, 1.807) is 12.1 Å². The maximum absolute atomic E-state index is 12.2. The normalized spacial score (nSPS) is 12.1. The van der Waals surface area contributed by atoms with Gasteiger partial charge in [-0.3, -0.25) is 0 Å². The summed E-state index contributed by atoms with van der Waals surface area (Å²) in [7, 11) is -3.66. The van der Waals surface area contributed by atoms with E-state index in [-0.39, 0.29) is 28.9 Å². The van der Waals surface area contributed by atoms with E-state index in [1.807, 2.05) is 13.8 Å². The van der Waals surface area contributed by atoms with Gasteiger partial charge in [-0.15, -0.1) is 12.4 Å². The first-order valence-electron chi connectivity index (χ1n) is 5.98. The van der Waals surface area contributed by atoms with E-state index in [0.29, 0.717) is 17.3 Å². The molecule has 1 aromatic rings. The Balaban J connectivity index is 0.00000361. The molecule has 0 aromatic heterocycles. The van der Waals surface area contributed by atoms with E-state index in [0.717, 1.165) is 0 Å². The highest BCUT2D eigenvalue weighted by Gasteiger charge is 2.25. The second-order valence-electron chi connectivity index (χ2n) is 4.45. The first-order chi connectivity index (χ1) is 8.75. The topological polar surface area (TPSA) is 72.2 Å². The Kier molecular flexibility index (Phi) is 8.02. The van der Waals surface area contributed by atoms with Crippen molar-refractivity contribution in [1.29, 1.82) is 0 Å². The van der Waals surface area contributed by atoms with E-state index in [2.05, 4.69) is 20.7 Å². The molecule has 1 rings (SSSR count). The van der Waals surface area contributed by atoms with E-state index >= 15 is 0 Å². The summed E-state index contributed by atoms with van der Waals surface area (Å²) in [6, 6.07) is 4.78. The highest BCUT2D eigenvalue weighted by Crippen LogP contribution is 2.29. The van der Waals surface area contributed by atoms with Crippen LogP contribution in [0.4, 0.5) is 0 Å². The molecule has 0 aliphatic rings. The number of sulfonamides is 1. The summed E-state index contributed by atoms with van der Waals surface area (Å²) in [6.07, 6.45) is 1.39. The lowest BCUT2D eigenvalue weighted by atomic mass is 9.95. The molecule has 116 valence electrons. The molecule has 0 unspecified atom stereocenters. The van der Waals surface area contributed by atoms with E-state index in [1.165, 1.54) is 6.07 Å². The molecular formula is C12H19BrCl2N2O2S. The number of hydrogen-bond donors (Lipinski definition) is 2. The first kappa shape index (κ1) is 20.1. The molecule has 3 N–H and O–H groups in total. The van der Waals surface area contributed by atoms with Crippen LogP contribution >= 0.6 is 39.9 Å². The monoisotopic (exact) mass is 404 g/mol. The predicted molar refractivity (Wildman–Crippen MR) is 89.1 cm³/mol. The molecule has 8 heteroatoms. The van der Waals surface area contributed by atoms with Gasteiger partial charge >= 0.3 is 0 Å². The number of halogens is 3. The van der Waals surface area contributed by atoms with Gasteiger partial charge in [0.05, 0.1) is 5.02 Å². The van der Waals surface area contributed by atoms with Gasteiger partial charge in [0.1, 0.15) is 4.90 Å². The average Bonchev–Trinajstić information content (AvgIpc) is 2.39. The molecule has 0 heterocycles. The van der Waals surface area contributed by atoms with Gasteiger partial charge in [-0.1, -0.05) is 31.5 Å². The zero-order valence-corrected chi connectivity index (χ0v) is 15.3. The molecule has 0 fully saturated rings. The van der Waals surface area contributed by atoms with Crippen molar-refractivity contribution in [2.75, 3.05) is 6.54 Å². The summed E-state index contributed by atoms with van der Waals surface area (Å²) in [5.74, 6) is 0. The van der Waals surface area contributed by atoms with Gasteiger partial charge in [-0.2, -0.15) is 0 Å². The van der Waals surface area contributed by atoms with Crippen LogP contribution in [0.5, 0.6) is 0 Å². The minimum absolute atomic E-state index is 0. The number of benzene rings is 1. The standard InChI is InChI=1S/C12H18BrClN2O2S.ClH/c1-3-12(15,4-2)8-16-19(17,18)10-7-5-6-9(13)11(10)14;/h5-7,16H,3-4,8,15H2,1-2H3;1H.